The molecular weight excluding hydrogens is 347 g/mol. The molecule has 3 nitrogen and oxygen atoms in total. The van der Waals surface area contributed by atoms with Crippen LogP contribution in [-0.4, -0.2) is 15.2 Å². The van der Waals surface area contributed by atoms with Crippen LogP contribution in [-0.2, 0) is 6.18 Å². The van der Waals surface area contributed by atoms with Crippen molar-refractivity contribution in [2.75, 3.05) is 0 Å². The second kappa shape index (κ2) is 5.44. The average Bonchev–Trinajstić information content (AvgIpc) is 3.09. The zero-order valence-corrected chi connectivity index (χ0v) is 12.6. The van der Waals surface area contributed by atoms with Gasteiger partial charge in [0.1, 0.15) is 5.82 Å². The van der Waals surface area contributed by atoms with Crippen LogP contribution < -0.4 is 0 Å². The van der Waals surface area contributed by atoms with E-state index in [4.69, 9.17) is 0 Å². The third kappa shape index (κ3) is 2.97. The molecule has 1 heterocycles. The van der Waals surface area contributed by atoms with Crippen LogP contribution in [0.3, 0.4) is 0 Å². The zero-order valence-electron chi connectivity index (χ0n) is 11.0. The van der Waals surface area contributed by atoms with Crippen LogP contribution >= 0.6 is 15.9 Å². The van der Waals surface area contributed by atoms with Crippen LogP contribution in [0.4, 0.5) is 13.2 Å². The van der Waals surface area contributed by atoms with Crippen molar-refractivity contribution in [1.29, 1.82) is 0 Å². The molecule has 1 fully saturated rings. The summed E-state index contributed by atoms with van der Waals surface area (Å²) in [7, 11) is 0. The molecule has 112 valence electrons. The molecule has 0 unspecified atom stereocenters. The van der Waals surface area contributed by atoms with Gasteiger partial charge in [0.15, 0.2) is 5.82 Å². The summed E-state index contributed by atoms with van der Waals surface area (Å²) in [6.45, 7) is 0. The Kier molecular flexibility index (Phi) is 3.77. The second-order valence-corrected chi connectivity index (χ2v) is 6.07. The number of halogens is 4. The summed E-state index contributed by atoms with van der Waals surface area (Å²) in [6, 6.07) is 3.49. The summed E-state index contributed by atoms with van der Waals surface area (Å²) in [4.78, 5) is 4.38. The van der Waals surface area contributed by atoms with Crippen molar-refractivity contribution >= 4 is 15.9 Å². The van der Waals surface area contributed by atoms with E-state index in [0.29, 0.717) is 21.8 Å². The third-order valence-corrected chi connectivity index (χ3v) is 4.47. The maximum absolute atomic E-state index is 12.8. The summed E-state index contributed by atoms with van der Waals surface area (Å²) < 4.78 is 39.0. The number of nitrogens with one attached hydrogen (secondary N) is 1. The molecule has 1 saturated carbocycles. The molecule has 1 aromatic carbocycles. The number of rotatable bonds is 2. The molecule has 7 heteroatoms. The van der Waals surface area contributed by atoms with Gasteiger partial charge in [-0.1, -0.05) is 28.8 Å². The molecule has 0 amide bonds. The number of hydrogen-bond acceptors (Lipinski definition) is 2. The molecule has 1 aliphatic rings. The van der Waals surface area contributed by atoms with Crippen molar-refractivity contribution in [2.24, 2.45) is 0 Å². The minimum absolute atomic E-state index is 0.301. The molecule has 3 rings (SSSR count). The highest BCUT2D eigenvalue weighted by molar-refractivity contribution is 9.10. The molecule has 0 aliphatic heterocycles. The van der Waals surface area contributed by atoms with Gasteiger partial charge in [-0.05, 0) is 31.0 Å². The Labute approximate surface area is 128 Å². The molecule has 0 spiro atoms. The predicted molar refractivity (Wildman–Crippen MR) is 75.7 cm³/mol. The minimum atomic E-state index is -4.37. The van der Waals surface area contributed by atoms with E-state index in [0.717, 1.165) is 43.6 Å². The molecule has 0 radical (unpaired) electrons. The van der Waals surface area contributed by atoms with Crippen molar-refractivity contribution in [3.63, 3.8) is 0 Å². The van der Waals surface area contributed by atoms with E-state index < -0.39 is 11.7 Å². The maximum Gasteiger partial charge on any atom is 0.416 e. The van der Waals surface area contributed by atoms with Gasteiger partial charge in [0.25, 0.3) is 0 Å². The Bertz CT molecular complexity index is 645. The lowest BCUT2D eigenvalue weighted by molar-refractivity contribution is -0.137. The van der Waals surface area contributed by atoms with Gasteiger partial charge in [0, 0.05) is 16.0 Å². The molecule has 0 saturated heterocycles. The fraction of sp³-hybridized carbons (Fsp3) is 0.429. The van der Waals surface area contributed by atoms with E-state index in [1.807, 2.05) is 0 Å². The van der Waals surface area contributed by atoms with Crippen molar-refractivity contribution in [2.45, 2.75) is 37.8 Å². The van der Waals surface area contributed by atoms with Crippen molar-refractivity contribution < 1.29 is 13.2 Å². The summed E-state index contributed by atoms with van der Waals surface area (Å²) in [6.07, 6.45) is 0.0543. The summed E-state index contributed by atoms with van der Waals surface area (Å²) in [5.41, 5.74) is -0.349. The third-order valence-electron chi connectivity index (χ3n) is 3.78. The van der Waals surface area contributed by atoms with E-state index in [-0.39, 0.29) is 0 Å². The van der Waals surface area contributed by atoms with Crippen LogP contribution in [0, 0.1) is 0 Å². The highest BCUT2D eigenvalue weighted by atomic mass is 79.9. The lowest BCUT2D eigenvalue weighted by Gasteiger charge is -2.08. The van der Waals surface area contributed by atoms with Crippen LogP contribution in [0.5, 0.6) is 0 Å². The quantitative estimate of drug-likeness (QED) is 0.827. The number of aromatic amines is 1. The Hall–Kier alpha value is -1.37. The fourth-order valence-electron chi connectivity index (χ4n) is 2.65. The van der Waals surface area contributed by atoms with E-state index in [1.54, 1.807) is 0 Å². The largest absolute Gasteiger partial charge is 0.416 e. The number of nitrogens with zero attached hydrogens (tertiary/aromatic N) is 2. The molecule has 1 N–H and O–H groups in total. The highest BCUT2D eigenvalue weighted by Crippen LogP contribution is 2.36. The first-order valence-electron chi connectivity index (χ1n) is 6.74. The maximum atomic E-state index is 12.8. The van der Waals surface area contributed by atoms with Crippen LogP contribution in [0.25, 0.3) is 11.4 Å². The van der Waals surface area contributed by atoms with Gasteiger partial charge >= 0.3 is 6.18 Å². The number of H-pyrrole nitrogens is 1. The predicted octanol–water partition coefficient (Wildman–Crippen LogP) is 4.91. The Morgan fingerprint density at radius 2 is 1.90 bits per heavy atom. The van der Waals surface area contributed by atoms with E-state index in [9.17, 15) is 13.2 Å². The molecular formula is C14H13BrF3N3. The number of aromatic nitrogens is 3. The lowest BCUT2D eigenvalue weighted by atomic mass is 10.1. The number of hydrogen-bond donors (Lipinski definition) is 1. The standard InChI is InChI=1S/C14H13BrF3N3/c15-11-6-5-9(14(16,17)18)7-10(11)13-19-12(20-21-13)8-3-1-2-4-8/h5-8H,1-4H2,(H,19,20,21). The van der Waals surface area contributed by atoms with Crippen LogP contribution in [0.1, 0.15) is 43.0 Å². The monoisotopic (exact) mass is 359 g/mol. The lowest BCUT2D eigenvalue weighted by Crippen LogP contribution is -2.05. The summed E-state index contributed by atoms with van der Waals surface area (Å²) >= 11 is 3.27. The Balaban J connectivity index is 1.96. The van der Waals surface area contributed by atoms with E-state index >= 15 is 0 Å². The van der Waals surface area contributed by atoms with Gasteiger partial charge in [0.2, 0.25) is 0 Å². The Morgan fingerprint density at radius 1 is 1.19 bits per heavy atom. The minimum Gasteiger partial charge on any atom is -0.262 e. The second-order valence-electron chi connectivity index (χ2n) is 5.22. The molecule has 21 heavy (non-hydrogen) atoms. The van der Waals surface area contributed by atoms with Gasteiger partial charge in [-0.15, -0.1) is 0 Å². The normalized spacial score (nSPS) is 16.6. The van der Waals surface area contributed by atoms with Gasteiger partial charge in [-0.3, -0.25) is 5.10 Å². The number of benzene rings is 1. The SMILES string of the molecule is FC(F)(F)c1ccc(Br)c(-c2n[nH]c(C3CCCC3)n2)c1. The van der Waals surface area contributed by atoms with Crippen molar-refractivity contribution in [3.8, 4) is 11.4 Å². The van der Waals surface area contributed by atoms with Crippen molar-refractivity contribution in [1.82, 2.24) is 15.2 Å². The first kappa shape index (κ1) is 14.6. The topological polar surface area (TPSA) is 41.6 Å². The first-order chi connectivity index (χ1) is 9.95. The van der Waals surface area contributed by atoms with Gasteiger partial charge in [-0.2, -0.15) is 18.3 Å². The van der Waals surface area contributed by atoms with Gasteiger partial charge in [0.05, 0.1) is 5.56 Å². The van der Waals surface area contributed by atoms with E-state index in [1.165, 1.54) is 6.07 Å². The van der Waals surface area contributed by atoms with E-state index in [2.05, 4.69) is 31.1 Å². The fourth-order valence-corrected chi connectivity index (χ4v) is 3.07. The molecule has 2 aromatic rings. The summed E-state index contributed by atoms with van der Waals surface area (Å²) in [5.74, 6) is 1.41. The smallest absolute Gasteiger partial charge is 0.262 e. The first-order valence-corrected chi connectivity index (χ1v) is 7.54. The number of alkyl halides is 3. The molecule has 1 aromatic heterocycles. The molecule has 0 bridgehead atoms. The molecule has 0 atom stereocenters. The Morgan fingerprint density at radius 3 is 2.57 bits per heavy atom. The van der Waals surface area contributed by atoms with Gasteiger partial charge in [-0.25, -0.2) is 4.98 Å². The van der Waals surface area contributed by atoms with Crippen LogP contribution in [0.2, 0.25) is 0 Å². The van der Waals surface area contributed by atoms with Gasteiger partial charge < -0.3 is 0 Å². The van der Waals surface area contributed by atoms with Crippen LogP contribution in [0.15, 0.2) is 22.7 Å². The van der Waals surface area contributed by atoms with Crippen molar-refractivity contribution in [3.05, 3.63) is 34.1 Å². The zero-order chi connectivity index (χ0) is 15.0. The summed E-state index contributed by atoms with van der Waals surface area (Å²) in [5, 5.41) is 6.95. The molecule has 1 aliphatic carbocycles. The highest BCUT2D eigenvalue weighted by Gasteiger charge is 2.31. The average molecular weight is 360 g/mol.